The smallest absolute Gasteiger partial charge is 0.407 e. The molecular formula is C16H21NO4. The molecule has 1 rings (SSSR count). The van der Waals surface area contributed by atoms with Gasteiger partial charge in [-0.15, -0.1) is 0 Å². The van der Waals surface area contributed by atoms with Gasteiger partial charge in [0.05, 0.1) is 6.26 Å². The third kappa shape index (κ3) is 8.47. The number of alkyl carbamates (subject to hydrolysis) is 1. The Balaban J connectivity index is 1.98. The summed E-state index contributed by atoms with van der Waals surface area (Å²) in [5.74, 6) is -0.278. The van der Waals surface area contributed by atoms with Crippen LogP contribution in [0, 0.1) is 0 Å². The van der Waals surface area contributed by atoms with E-state index >= 15 is 0 Å². The maximum Gasteiger partial charge on any atom is 0.407 e. The van der Waals surface area contributed by atoms with E-state index in [0.717, 1.165) is 31.1 Å². The number of carbonyl (C=O) groups excluding carboxylic acids is 2. The zero-order valence-corrected chi connectivity index (χ0v) is 12.0. The Kier molecular flexibility index (Phi) is 8.36. The van der Waals surface area contributed by atoms with Crippen molar-refractivity contribution in [1.82, 2.24) is 5.32 Å². The van der Waals surface area contributed by atoms with Crippen molar-refractivity contribution in [2.45, 2.75) is 32.3 Å². The van der Waals surface area contributed by atoms with Crippen LogP contribution >= 0.6 is 0 Å². The largest absolute Gasteiger partial charge is 0.445 e. The number of carbonyl (C=O) groups is 2. The fourth-order valence-corrected chi connectivity index (χ4v) is 1.69. The summed E-state index contributed by atoms with van der Waals surface area (Å²) in [4.78, 5) is 22.4. The van der Waals surface area contributed by atoms with Crippen molar-refractivity contribution >= 4 is 12.1 Å². The second-order valence-electron chi connectivity index (χ2n) is 4.46. The minimum atomic E-state index is -0.426. The number of hydrogen-bond donors (Lipinski definition) is 1. The summed E-state index contributed by atoms with van der Waals surface area (Å²) in [7, 11) is 0. The molecular weight excluding hydrogens is 270 g/mol. The van der Waals surface area contributed by atoms with Crippen LogP contribution in [0.15, 0.2) is 43.2 Å². The molecule has 0 atom stereocenters. The monoisotopic (exact) mass is 291 g/mol. The van der Waals surface area contributed by atoms with E-state index in [1.54, 1.807) is 0 Å². The highest BCUT2D eigenvalue weighted by Gasteiger charge is 2.03. The van der Waals surface area contributed by atoms with Crippen molar-refractivity contribution < 1.29 is 19.1 Å². The Bertz CT molecular complexity index is 445. The Morgan fingerprint density at radius 3 is 2.62 bits per heavy atom. The number of ether oxygens (including phenoxy) is 2. The van der Waals surface area contributed by atoms with Crippen LogP contribution in [0.25, 0.3) is 0 Å². The van der Waals surface area contributed by atoms with E-state index in [1.165, 1.54) is 0 Å². The first-order valence-electron chi connectivity index (χ1n) is 6.97. The highest BCUT2D eigenvalue weighted by Crippen LogP contribution is 2.02. The van der Waals surface area contributed by atoms with Gasteiger partial charge in [-0.2, -0.15) is 0 Å². The zero-order chi connectivity index (χ0) is 15.3. The van der Waals surface area contributed by atoms with Crippen molar-refractivity contribution in [3.8, 4) is 0 Å². The molecule has 1 amide bonds. The molecule has 5 heteroatoms. The predicted octanol–water partition coefficient (Wildman–Crippen LogP) is 3.16. The number of unbranched alkanes of at least 4 members (excludes halogenated alkanes) is 2. The highest BCUT2D eigenvalue weighted by molar-refractivity contribution is 5.69. The topological polar surface area (TPSA) is 64.6 Å². The number of benzene rings is 1. The van der Waals surface area contributed by atoms with Gasteiger partial charge in [0.25, 0.3) is 0 Å². The summed E-state index contributed by atoms with van der Waals surface area (Å²) in [5, 5.41) is 2.67. The molecule has 0 aliphatic heterocycles. The number of nitrogens with one attached hydrogen (secondary N) is 1. The van der Waals surface area contributed by atoms with Crippen molar-refractivity contribution in [2.24, 2.45) is 0 Å². The highest BCUT2D eigenvalue weighted by atomic mass is 16.5. The molecule has 1 aromatic carbocycles. The van der Waals surface area contributed by atoms with Gasteiger partial charge in [-0.3, -0.25) is 4.79 Å². The molecule has 0 saturated heterocycles. The average molecular weight is 291 g/mol. The first-order chi connectivity index (χ1) is 10.2. The van der Waals surface area contributed by atoms with Crippen LogP contribution in [0.5, 0.6) is 0 Å². The molecule has 0 bridgehead atoms. The Hall–Kier alpha value is -2.30. The Labute approximate surface area is 124 Å². The molecule has 1 aromatic rings. The summed E-state index contributed by atoms with van der Waals surface area (Å²) in [6.07, 6.45) is 3.43. The fourth-order valence-electron chi connectivity index (χ4n) is 1.69. The van der Waals surface area contributed by atoms with Gasteiger partial charge in [-0.1, -0.05) is 43.3 Å². The van der Waals surface area contributed by atoms with Gasteiger partial charge < -0.3 is 14.8 Å². The van der Waals surface area contributed by atoms with Crippen molar-refractivity contribution in [1.29, 1.82) is 0 Å². The second kappa shape index (κ2) is 10.5. The third-order valence-electron chi connectivity index (χ3n) is 2.75. The lowest BCUT2D eigenvalue weighted by atomic mass is 10.2. The normalized spacial score (nSPS) is 9.71. The summed E-state index contributed by atoms with van der Waals surface area (Å²) in [5.41, 5.74) is 0.952. The van der Waals surface area contributed by atoms with Gasteiger partial charge in [-0.25, -0.2) is 4.79 Å². The number of amides is 1. The molecule has 0 heterocycles. The minimum Gasteiger partial charge on any atom is -0.445 e. The van der Waals surface area contributed by atoms with E-state index in [1.807, 2.05) is 30.3 Å². The molecule has 0 radical (unpaired) electrons. The lowest BCUT2D eigenvalue weighted by Gasteiger charge is -2.07. The Morgan fingerprint density at radius 1 is 1.14 bits per heavy atom. The number of esters is 1. The maximum atomic E-state index is 11.4. The molecule has 0 fully saturated rings. The van der Waals surface area contributed by atoms with Crippen LogP contribution < -0.4 is 5.32 Å². The molecule has 21 heavy (non-hydrogen) atoms. The molecule has 1 N–H and O–H groups in total. The van der Waals surface area contributed by atoms with Gasteiger partial charge in [0.1, 0.15) is 6.61 Å². The van der Waals surface area contributed by atoms with E-state index in [-0.39, 0.29) is 12.6 Å². The van der Waals surface area contributed by atoms with Crippen molar-refractivity contribution in [3.63, 3.8) is 0 Å². The van der Waals surface area contributed by atoms with Crippen LogP contribution in [0.1, 0.15) is 31.2 Å². The summed E-state index contributed by atoms with van der Waals surface area (Å²) in [6.45, 7) is 4.11. The fraction of sp³-hybridized carbons (Fsp3) is 0.375. The summed E-state index contributed by atoms with van der Waals surface area (Å²) >= 11 is 0. The van der Waals surface area contributed by atoms with Gasteiger partial charge in [0, 0.05) is 13.0 Å². The molecule has 0 spiro atoms. The number of hydrogen-bond acceptors (Lipinski definition) is 4. The SMILES string of the molecule is C=COC(=O)CCCCCNC(=O)OCc1ccccc1. The minimum absolute atomic E-state index is 0.264. The molecule has 0 aliphatic carbocycles. The van der Waals surface area contributed by atoms with Gasteiger partial charge >= 0.3 is 12.1 Å². The van der Waals surface area contributed by atoms with Crippen LogP contribution in [0.3, 0.4) is 0 Å². The predicted molar refractivity (Wildman–Crippen MR) is 79.4 cm³/mol. The molecule has 0 unspecified atom stereocenters. The van der Waals surface area contributed by atoms with Gasteiger partial charge in [-0.05, 0) is 18.4 Å². The lowest BCUT2D eigenvalue weighted by Crippen LogP contribution is -2.25. The lowest BCUT2D eigenvalue weighted by molar-refractivity contribution is -0.138. The first-order valence-corrected chi connectivity index (χ1v) is 6.97. The van der Waals surface area contributed by atoms with Crippen LogP contribution in [-0.4, -0.2) is 18.6 Å². The van der Waals surface area contributed by atoms with Crippen LogP contribution in [0.2, 0.25) is 0 Å². The summed E-state index contributed by atoms with van der Waals surface area (Å²) < 4.78 is 9.67. The van der Waals surface area contributed by atoms with Gasteiger partial charge in [0.2, 0.25) is 0 Å². The van der Waals surface area contributed by atoms with Crippen molar-refractivity contribution in [2.75, 3.05) is 6.54 Å². The van der Waals surface area contributed by atoms with Crippen molar-refractivity contribution in [3.05, 3.63) is 48.7 Å². The van der Waals surface area contributed by atoms with Crippen LogP contribution in [-0.2, 0) is 20.9 Å². The summed E-state index contributed by atoms with van der Waals surface area (Å²) in [6, 6.07) is 9.50. The standard InChI is InChI=1S/C16H21NO4/c1-2-20-15(18)11-7-4-8-12-17-16(19)21-13-14-9-5-3-6-10-14/h2-3,5-6,9-10H,1,4,7-8,11-13H2,(H,17,19). The molecule has 114 valence electrons. The molecule has 0 aliphatic rings. The van der Waals surface area contributed by atoms with E-state index in [0.29, 0.717) is 13.0 Å². The van der Waals surface area contributed by atoms with E-state index in [9.17, 15) is 9.59 Å². The van der Waals surface area contributed by atoms with E-state index in [2.05, 4.69) is 16.6 Å². The van der Waals surface area contributed by atoms with E-state index in [4.69, 9.17) is 4.74 Å². The van der Waals surface area contributed by atoms with Crippen LogP contribution in [0.4, 0.5) is 4.79 Å². The molecule has 0 saturated carbocycles. The van der Waals surface area contributed by atoms with E-state index < -0.39 is 6.09 Å². The molecule has 0 aromatic heterocycles. The van der Waals surface area contributed by atoms with Gasteiger partial charge in [0.15, 0.2) is 0 Å². The number of rotatable bonds is 9. The first kappa shape index (κ1) is 16.8. The average Bonchev–Trinajstić information content (AvgIpc) is 2.50. The zero-order valence-electron chi connectivity index (χ0n) is 12.0. The third-order valence-corrected chi connectivity index (χ3v) is 2.75. The quantitative estimate of drug-likeness (QED) is 0.431. The Morgan fingerprint density at radius 2 is 1.90 bits per heavy atom. The maximum absolute atomic E-state index is 11.4. The second-order valence-corrected chi connectivity index (χ2v) is 4.46. The molecule has 5 nitrogen and oxygen atoms in total.